The van der Waals surface area contributed by atoms with Crippen LogP contribution in [0.5, 0.6) is 11.5 Å². The molecule has 1 heterocycles. The summed E-state index contributed by atoms with van der Waals surface area (Å²) in [6, 6.07) is 21.1. The molecule has 0 bridgehead atoms. The molecule has 0 saturated carbocycles. The summed E-state index contributed by atoms with van der Waals surface area (Å²) < 4.78 is 14.7. The summed E-state index contributed by atoms with van der Waals surface area (Å²) in [5.41, 5.74) is 6.95. The molecule has 33 heavy (non-hydrogen) atoms. The number of hydrogen-bond acceptors (Lipinski definition) is 3. The number of ether oxygens (including phenoxy) is 2. The van der Waals surface area contributed by atoms with Gasteiger partial charge in [-0.2, -0.15) is 0 Å². The fourth-order valence-electron chi connectivity index (χ4n) is 4.14. The Kier molecular flexibility index (Phi) is 7.02. The van der Waals surface area contributed by atoms with Crippen molar-refractivity contribution >= 4 is 11.0 Å². The minimum Gasteiger partial charge on any atom is -0.493 e. The Balaban J connectivity index is 1.49. The van der Waals surface area contributed by atoms with Crippen molar-refractivity contribution in [3.05, 3.63) is 88.7 Å². The van der Waals surface area contributed by atoms with E-state index in [1.165, 1.54) is 22.3 Å². The Morgan fingerprint density at radius 1 is 0.848 bits per heavy atom. The fourth-order valence-corrected chi connectivity index (χ4v) is 4.14. The third-order valence-electron chi connectivity index (χ3n) is 6.01. The number of fused-ring (bicyclic) bond motifs is 1. The molecule has 3 aromatic carbocycles. The molecule has 0 aliphatic carbocycles. The van der Waals surface area contributed by atoms with Crippen molar-refractivity contribution in [2.75, 3.05) is 6.61 Å². The van der Waals surface area contributed by atoms with Gasteiger partial charge < -0.3 is 14.0 Å². The summed E-state index contributed by atoms with van der Waals surface area (Å²) >= 11 is 0. The lowest BCUT2D eigenvalue weighted by Crippen LogP contribution is -2.11. The van der Waals surface area contributed by atoms with Gasteiger partial charge in [0.25, 0.3) is 0 Å². The molecular weight excluding hydrogens is 408 g/mol. The summed E-state index contributed by atoms with van der Waals surface area (Å²) in [6.07, 6.45) is 0.891. The monoisotopic (exact) mass is 442 g/mol. The van der Waals surface area contributed by atoms with Crippen molar-refractivity contribution in [2.45, 2.75) is 60.1 Å². The lowest BCUT2D eigenvalue weighted by atomic mass is 10.0. The quantitative estimate of drug-likeness (QED) is 0.259. The SMILES string of the molecule is Cc1ccc(C)c(OCCCn2c(COc3cc(C)ccc3C(C)C)nc3ccccc32)c1. The van der Waals surface area contributed by atoms with E-state index in [0.29, 0.717) is 19.1 Å². The van der Waals surface area contributed by atoms with Crippen LogP contribution in [0.2, 0.25) is 0 Å². The van der Waals surface area contributed by atoms with Crippen LogP contribution in [0.1, 0.15) is 54.3 Å². The zero-order valence-corrected chi connectivity index (χ0v) is 20.4. The average molecular weight is 443 g/mol. The van der Waals surface area contributed by atoms with Crippen molar-refractivity contribution in [1.82, 2.24) is 9.55 Å². The van der Waals surface area contributed by atoms with Gasteiger partial charge in [-0.3, -0.25) is 0 Å². The molecule has 172 valence electrons. The van der Waals surface area contributed by atoms with Crippen molar-refractivity contribution in [1.29, 1.82) is 0 Å². The van der Waals surface area contributed by atoms with Crippen LogP contribution in [0.15, 0.2) is 60.7 Å². The highest BCUT2D eigenvalue weighted by atomic mass is 16.5. The lowest BCUT2D eigenvalue weighted by molar-refractivity contribution is 0.277. The second kappa shape index (κ2) is 10.1. The van der Waals surface area contributed by atoms with E-state index in [9.17, 15) is 0 Å². The van der Waals surface area contributed by atoms with E-state index >= 15 is 0 Å². The number of aryl methyl sites for hydroxylation is 4. The number of aromatic nitrogens is 2. The van der Waals surface area contributed by atoms with Crippen LogP contribution in [0.3, 0.4) is 0 Å². The van der Waals surface area contributed by atoms with Crippen molar-refractivity contribution < 1.29 is 9.47 Å². The highest BCUT2D eigenvalue weighted by molar-refractivity contribution is 5.75. The molecule has 1 aromatic heterocycles. The molecule has 0 radical (unpaired) electrons. The Morgan fingerprint density at radius 3 is 2.36 bits per heavy atom. The zero-order chi connectivity index (χ0) is 23.4. The van der Waals surface area contributed by atoms with E-state index in [2.05, 4.69) is 93.8 Å². The second-order valence-corrected chi connectivity index (χ2v) is 9.12. The van der Waals surface area contributed by atoms with Crippen LogP contribution in [-0.4, -0.2) is 16.2 Å². The second-order valence-electron chi connectivity index (χ2n) is 9.12. The molecule has 4 rings (SSSR count). The minimum absolute atomic E-state index is 0.404. The Labute approximate surface area is 197 Å². The highest BCUT2D eigenvalue weighted by Crippen LogP contribution is 2.28. The maximum Gasteiger partial charge on any atom is 0.148 e. The number of imidazole rings is 1. The molecule has 4 aromatic rings. The Morgan fingerprint density at radius 2 is 1.58 bits per heavy atom. The van der Waals surface area contributed by atoms with Crippen molar-refractivity contribution in [3.63, 3.8) is 0 Å². The fraction of sp³-hybridized carbons (Fsp3) is 0.345. The molecule has 4 nitrogen and oxygen atoms in total. The van der Waals surface area contributed by atoms with E-state index in [4.69, 9.17) is 14.5 Å². The van der Waals surface area contributed by atoms with Gasteiger partial charge in [-0.15, -0.1) is 0 Å². The molecule has 4 heteroatoms. The van der Waals surface area contributed by atoms with Gasteiger partial charge >= 0.3 is 0 Å². The van der Waals surface area contributed by atoms with E-state index in [1.54, 1.807) is 0 Å². The van der Waals surface area contributed by atoms with Crippen molar-refractivity contribution in [3.8, 4) is 11.5 Å². The molecule has 0 unspecified atom stereocenters. The summed E-state index contributed by atoms with van der Waals surface area (Å²) in [5.74, 6) is 3.26. The summed E-state index contributed by atoms with van der Waals surface area (Å²) in [7, 11) is 0. The first kappa shape index (κ1) is 22.9. The topological polar surface area (TPSA) is 36.3 Å². The van der Waals surface area contributed by atoms with Gasteiger partial charge in [-0.25, -0.2) is 4.98 Å². The number of para-hydroxylation sites is 2. The van der Waals surface area contributed by atoms with Gasteiger partial charge in [-0.05, 0) is 79.6 Å². The smallest absolute Gasteiger partial charge is 0.148 e. The van der Waals surface area contributed by atoms with Crippen LogP contribution in [0.25, 0.3) is 11.0 Å². The van der Waals surface area contributed by atoms with Gasteiger partial charge in [-0.1, -0.05) is 50.2 Å². The largest absolute Gasteiger partial charge is 0.493 e. The lowest BCUT2D eigenvalue weighted by Gasteiger charge is -2.16. The van der Waals surface area contributed by atoms with Crippen LogP contribution in [-0.2, 0) is 13.2 Å². The number of nitrogens with zero attached hydrogens (tertiary/aromatic N) is 2. The molecule has 0 atom stereocenters. The van der Waals surface area contributed by atoms with Gasteiger partial charge in [0.1, 0.15) is 23.9 Å². The first-order valence-electron chi connectivity index (χ1n) is 11.8. The van der Waals surface area contributed by atoms with Crippen LogP contribution >= 0.6 is 0 Å². The number of rotatable bonds is 9. The third-order valence-corrected chi connectivity index (χ3v) is 6.01. The minimum atomic E-state index is 0.404. The first-order chi connectivity index (χ1) is 15.9. The molecule has 0 aliphatic heterocycles. The summed E-state index contributed by atoms with van der Waals surface area (Å²) in [5, 5.41) is 0. The molecule has 0 amide bonds. The van der Waals surface area contributed by atoms with Gasteiger partial charge in [0, 0.05) is 6.54 Å². The van der Waals surface area contributed by atoms with Crippen LogP contribution < -0.4 is 9.47 Å². The van der Waals surface area contributed by atoms with E-state index in [1.807, 2.05) is 6.07 Å². The first-order valence-corrected chi connectivity index (χ1v) is 11.8. The van der Waals surface area contributed by atoms with Gasteiger partial charge in [0.15, 0.2) is 0 Å². The molecule has 0 fully saturated rings. The average Bonchev–Trinajstić information content (AvgIpc) is 3.14. The Hall–Kier alpha value is -3.27. The van der Waals surface area contributed by atoms with E-state index in [-0.39, 0.29) is 0 Å². The normalized spacial score (nSPS) is 11.3. The van der Waals surface area contributed by atoms with Gasteiger partial charge in [0.2, 0.25) is 0 Å². The van der Waals surface area contributed by atoms with Crippen LogP contribution in [0, 0.1) is 20.8 Å². The maximum absolute atomic E-state index is 6.33. The Bertz CT molecular complexity index is 1240. The highest BCUT2D eigenvalue weighted by Gasteiger charge is 2.14. The molecular formula is C29H34N2O2. The van der Waals surface area contributed by atoms with Crippen molar-refractivity contribution in [2.24, 2.45) is 0 Å². The zero-order valence-electron chi connectivity index (χ0n) is 20.4. The van der Waals surface area contributed by atoms with Crippen LogP contribution in [0.4, 0.5) is 0 Å². The molecule has 0 N–H and O–H groups in total. The number of benzene rings is 3. The van der Waals surface area contributed by atoms with E-state index in [0.717, 1.165) is 41.3 Å². The van der Waals surface area contributed by atoms with E-state index < -0.39 is 0 Å². The predicted octanol–water partition coefficient (Wildman–Crippen LogP) is 7.13. The number of hydrogen-bond donors (Lipinski definition) is 0. The summed E-state index contributed by atoms with van der Waals surface area (Å²) in [6.45, 7) is 12.6. The summed E-state index contributed by atoms with van der Waals surface area (Å²) in [4.78, 5) is 4.88. The molecule has 0 spiro atoms. The third kappa shape index (κ3) is 5.39. The standard InChI is InChI=1S/C29H34N2O2/c1-20(2)24-14-12-22(4)18-28(24)33-19-29-30-25-9-6-7-10-26(25)31(29)15-8-16-32-27-17-21(3)11-13-23(27)5/h6-7,9-14,17-18,20H,8,15-16,19H2,1-5H3. The van der Waals surface area contributed by atoms with Gasteiger partial charge in [0.05, 0.1) is 17.6 Å². The molecule has 0 aliphatic rings. The maximum atomic E-state index is 6.33. The predicted molar refractivity (Wildman–Crippen MR) is 135 cm³/mol. The molecule has 0 saturated heterocycles.